The molecule has 21 heavy (non-hydrogen) atoms. The normalized spacial score (nSPS) is 16.2. The highest BCUT2D eigenvalue weighted by atomic mass is 32.2. The van der Waals surface area contributed by atoms with Gasteiger partial charge in [-0.2, -0.15) is 0 Å². The highest BCUT2D eigenvalue weighted by Gasteiger charge is 2.38. The standard InChI is InChI=1S/C14H18N2O4S/c1-14(2)10-8-9(4-5-11(10)16-13(14)18)15-12(17)6-7-21(3,19)20/h4-5,8H,6-7H2,1-3H3,(H,15,17)(H,16,18). The summed E-state index contributed by atoms with van der Waals surface area (Å²) >= 11 is 0. The summed E-state index contributed by atoms with van der Waals surface area (Å²) in [6.07, 6.45) is 1.01. The fourth-order valence-electron chi connectivity index (χ4n) is 2.15. The molecular formula is C14H18N2O4S. The van der Waals surface area contributed by atoms with Crippen molar-refractivity contribution in [1.82, 2.24) is 0 Å². The summed E-state index contributed by atoms with van der Waals surface area (Å²) in [5.74, 6) is -0.636. The number of amides is 2. The summed E-state index contributed by atoms with van der Waals surface area (Å²) in [7, 11) is -3.16. The first-order chi connectivity index (χ1) is 9.59. The summed E-state index contributed by atoms with van der Waals surface area (Å²) < 4.78 is 22.1. The molecule has 0 radical (unpaired) electrons. The zero-order valence-corrected chi connectivity index (χ0v) is 13.0. The Hall–Kier alpha value is -1.89. The quantitative estimate of drug-likeness (QED) is 0.876. The number of carbonyl (C=O) groups is 2. The summed E-state index contributed by atoms with van der Waals surface area (Å²) in [4.78, 5) is 23.6. The van der Waals surface area contributed by atoms with Crippen LogP contribution in [0.25, 0.3) is 0 Å². The van der Waals surface area contributed by atoms with E-state index in [0.29, 0.717) is 5.69 Å². The highest BCUT2D eigenvalue weighted by Crippen LogP contribution is 2.38. The minimum Gasteiger partial charge on any atom is -0.326 e. The van der Waals surface area contributed by atoms with E-state index < -0.39 is 15.3 Å². The summed E-state index contributed by atoms with van der Waals surface area (Å²) in [6, 6.07) is 5.15. The van der Waals surface area contributed by atoms with Crippen LogP contribution in [-0.4, -0.2) is 32.2 Å². The molecule has 0 unspecified atom stereocenters. The molecule has 0 fully saturated rings. The van der Waals surface area contributed by atoms with Crippen LogP contribution in [0.2, 0.25) is 0 Å². The first-order valence-corrected chi connectivity index (χ1v) is 8.59. The second-order valence-electron chi connectivity index (χ2n) is 5.77. The number of hydrogen-bond donors (Lipinski definition) is 2. The average molecular weight is 310 g/mol. The van der Waals surface area contributed by atoms with Gasteiger partial charge in [-0.25, -0.2) is 8.42 Å². The fourth-order valence-corrected chi connectivity index (χ4v) is 2.71. The molecule has 0 saturated carbocycles. The lowest BCUT2D eigenvalue weighted by molar-refractivity contribution is -0.119. The molecule has 1 heterocycles. The van der Waals surface area contributed by atoms with Gasteiger partial charge < -0.3 is 10.6 Å². The van der Waals surface area contributed by atoms with Crippen molar-refractivity contribution >= 4 is 33.0 Å². The second kappa shape index (κ2) is 5.14. The molecule has 0 bridgehead atoms. The molecule has 2 rings (SSSR count). The van der Waals surface area contributed by atoms with Crippen molar-refractivity contribution in [2.24, 2.45) is 0 Å². The number of fused-ring (bicyclic) bond motifs is 1. The molecule has 1 aliphatic rings. The average Bonchev–Trinajstić information content (AvgIpc) is 2.58. The molecule has 0 aliphatic carbocycles. The molecule has 0 aromatic heterocycles. The maximum absolute atomic E-state index is 11.8. The van der Waals surface area contributed by atoms with E-state index in [9.17, 15) is 18.0 Å². The zero-order chi connectivity index (χ0) is 15.8. The lowest BCUT2D eigenvalue weighted by atomic mass is 9.86. The van der Waals surface area contributed by atoms with Crippen LogP contribution in [0.1, 0.15) is 25.8 Å². The van der Waals surface area contributed by atoms with Gasteiger partial charge in [0.1, 0.15) is 9.84 Å². The van der Waals surface area contributed by atoms with Gasteiger partial charge in [-0.3, -0.25) is 9.59 Å². The van der Waals surface area contributed by atoms with E-state index in [0.717, 1.165) is 17.5 Å². The number of anilines is 2. The predicted octanol–water partition coefficient (Wildman–Crippen LogP) is 1.29. The molecule has 114 valence electrons. The van der Waals surface area contributed by atoms with E-state index in [-0.39, 0.29) is 24.0 Å². The minimum absolute atomic E-state index is 0.0851. The molecule has 0 saturated heterocycles. The first kappa shape index (κ1) is 15.5. The Bertz CT molecular complexity index is 708. The van der Waals surface area contributed by atoms with Crippen molar-refractivity contribution in [3.63, 3.8) is 0 Å². The first-order valence-electron chi connectivity index (χ1n) is 6.53. The van der Waals surface area contributed by atoms with E-state index in [4.69, 9.17) is 0 Å². The summed E-state index contributed by atoms with van der Waals surface area (Å²) in [6.45, 7) is 3.62. The van der Waals surface area contributed by atoms with Gasteiger partial charge in [-0.05, 0) is 37.6 Å². The number of nitrogens with one attached hydrogen (secondary N) is 2. The van der Waals surface area contributed by atoms with Crippen LogP contribution in [0, 0.1) is 0 Å². The zero-order valence-electron chi connectivity index (χ0n) is 12.2. The number of benzene rings is 1. The summed E-state index contributed by atoms with van der Waals surface area (Å²) in [5.41, 5.74) is 1.45. The molecule has 0 atom stereocenters. The van der Waals surface area contributed by atoms with Gasteiger partial charge in [-0.15, -0.1) is 0 Å². The fraction of sp³-hybridized carbons (Fsp3) is 0.429. The van der Waals surface area contributed by atoms with Crippen LogP contribution in [-0.2, 0) is 24.8 Å². The lowest BCUT2D eigenvalue weighted by Crippen LogP contribution is -2.27. The number of sulfone groups is 1. The van der Waals surface area contributed by atoms with Crippen molar-refractivity contribution in [3.05, 3.63) is 23.8 Å². The van der Waals surface area contributed by atoms with E-state index in [1.54, 1.807) is 18.2 Å². The second-order valence-corrected chi connectivity index (χ2v) is 8.03. The predicted molar refractivity (Wildman–Crippen MR) is 81.1 cm³/mol. The maximum atomic E-state index is 11.8. The molecule has 2 N–H and O–H groups in total. The maximum Gasteiger partial charge on any atom is 0.234 e. The van der Waals surface area contributed by atoms with Crippen molar-refractivity contribution < 1.29 is 18.0 Å². The molecule has 0 spiro atoms. The van der Waals surface area contributed by atoms with Crippen LogP contribution in [0.4, 0.5) is 11.4 Å². The Balaban J connectivity index is 2.12. The topological polar surface area (TPSA) is 92.3 Å². The number of carbonyl (C=O) groups excluding carboxylic acids is 2. The lowest BCUT2D eigenvalue weighted by Gasteiger charge is -2.16. The van der Waals surface area contributed by atoms with Crippen LogP contribution in [0.3, 0.4) is 0 Å². The van der Waals surface area contributed by atoms with Gasteiger partial charge in [0.05, 0.1) is 11.2 Å². The monoisotopic (exact) mass is 310 g/mol. The largest absolute Gasteiger partial charge is 0.326 e. The van der Waals surface area contributed by atoms with Gasteiger partial charge in [0.2, 0.25) is 11.8 Å². The van der Waals surface area contributed by atoms with Gasteiger partial charge >= 0.3 is 0 Å². The van der Waals surface area contributed by atoms with Gasteiger partial charge in [0.15, 0.2) is 0 Å². The van der Waals surface area contributed by atoms with Crippen LogP contribution in [0.15, 0.2) is 18.2 Å². The number of hydrogen-bond acceptors (Lipinski definition) is 4. The van der Waals surface area contributed by atoms with E-state index in [1.165, 1.54) is 0 Å². The van der Waals surface area contributed by atoms with Gasteiger partial charge in [0, 0.05) is 24.1 Å². The van der Waals surface area contributed by atoms with Crippen molar-refractivity contribution in [1.29, 1.82) is 0 Å². The summed E-state index contributed by atoms with van der Waals surface area (Å²) in [5, 5.41) is 5.44. The SMILES string of the molecule is CC1(C)C(=O)Nc2ccc(NC(=O)CCS(C)(=O)=O)cc21. The Morgan fingerprint density at radius 1 is 1.33 bits per heavy atom. The van der Waals surface area contributed by atoms with E-state index >= 15 is 0 Å². The Morgan fingerprint density at radius 3 is 2.62 bits per heavy atom. The molecule has 7 heteroatoms. The van der Waals surface area contributed by atoms with Crippen molar-refractivity contribution in [2.45, 2.75) is 25.7 Å². The van der Waals surface area contributed by atoms with Crippen LogP contribution >= 0.6 is 0 Å². The Morgan fingerprint density at radius 2 is 2.00 bits per heavy atom. The third kappa shape index (κ3) is 3.41. The molecule has 1 aliphatic heterocycles. The Kier molecular flexibility index (Phi) is 3.79. The minimum atomic E-state index is -3.16. The molecule has 6 nitrogen and oxygen atoms in total. The molecule has 1 aromatic carbocycles. The highest BCUT2D eigenvalue weighted by molar-refractivity contribution is 7.90. The van der Waals surface area contributed by atoms with Crippen molar-refractivity contribution in [2.75, 3.05) is 22.6 Å². The smallest absolute Gasteiger partial charge is 0.234 e. The van der Waals surface area contributed by atoms with Crippen molar-refractivity contribution in [3.8, 4) is 0 Å². The van der Waals surface area contributed by atoms with E-state index in [2.05, 4.69) is 10.6 Å². The third-order valence-electron chi connectivity index (χ3n) is 3.49. The molecule has 2 amide bonds. The van der Waals surface area contributed by atoms with Gasteiger partial charge in [0.25, 0.3) is 0 Å². The molecular weight excluding hydrogens is 292 g/mol. The molecule has 1 aromatic rings. The van der Waals surface area contributed by atoms with Crippen LogP contribution < -0.4 is 10.6 Å². The third-order valence-corrected chi connectivity index (χ3v) is 4.44. The number of rotatable bonds is 4. The van der Waals surface area contributed by atoms with Crippen LogP contribution in [0.5, 0.6) is 0 Å². The van der Waals surface area contributed by atoms with E-state index in [1.807, 2.05) is 13.8 Å². The van der Waals surface area contributed by atoms with Gasteiger partial charge in [-0.1, -0.05) is 0 Å². The Labute approximate surface area is 123 Å².